The van der Waals surface area contributed by atoms with Crippen LogP contribution in [0.1, 0.15) is 35.7 Å². The van der Waals surface area contributed by atoms with Gasteiger partial charge in [0, 0.05) is 0 Å². The molecule has 0 spiro atoms. The second kappa shape index (κ2) is 4.67. The van der Waals surface area contributed by atoms with E-state index in [4.69, 9.17) is 10.00 Å². The number of hydrogen-bond donors (Lipinski definition) is 1. The molecule has 0 bridgehead atoms. The van der Waals surface area contributed by atoms with Crippen molar-refractivity contribution in [2.24, 2.45) is 0 Å². The maximum absolute atomic E-state index is 12.5. The highest BCUT2D eigenvalue weighted by molar-refractivity contribution is 5.99. The van der Waals surface area contributed by atoms with Crippen molar-refractivity contribution in [3.8, 4) is 11.8 Å². The van der Waals surface area contributed by atoms with Crippen LogP contribution in [-0.2, 0) is 0 Å². The van der Waals surface area contributed by atoms with Gasteiger partial charge in [-0.25, -0.2) is 0 Å². The molecule has 5 heteroatoms. The summed E-state index contributed by atoms with van der Waals surface area (Å²) in [4.78, 5) is 13.8. The highest BCUT2D eigenvalue weighted by Crippen LogP contribution is 2.33. The zero-order chi connectivity index (χ0) is 15.1. The largest absolute Gasteiger partial charge is 0.505 e. The number of hydrogen-bond acceptors (Lipinski definition) is 4. The molecule has 3 rings (SSSR count). The molecular weight excluding hydrogens is 268 g/mol. The molecule has 2 heterocycles. The van der Waals surface area contributed by atoms with Gasteiger partial charge < -0.3 is 9.84 Å². The first-order valence-electron chi connectivity index (χ1n) is 6.67. The summed E-state index contributed by atoms with van der Waals surface area (Å²) >= 11 is 0. The number of rotatable bonds is 1. The highest BCUT2D eigenvalue weighted by atomic mass is 16.5. The average Bonchev–Trinajstić information content (AvgIpc) is 2.47. The van der Waals surface area contributed by atoms with Crippen LogP contribution in [0, 0.1) is 11.3 Å². The number of fused-ring (bicyclic) bond motifs is 2. The molecule has 0 saturated heterocycles. The molecule has 0 radical (unpaired) electrons. The molecule has 5 nitrogen and oxygen atoms in total. The van der Waals surface area contributed by atoms with Crippen LogP contribution in [0.15, 0.2) is 41.8 Å². The Morgan fingerprint density at radius 1 is 1.43 bits per heavy atom. The van der Waals surface area contributed by atoms with Crippen molar-refractivity contribution in [1.29, 1.82) is 5.26 Å². The van der Waals surface area contributed by atoms with Crippen LogP contribution in [0.3, 0.4) is 0 Å². The van der Waals surface area contributed by atoms with E-state index >= 15 is 0 Å². The van der Waals surface area contributed by atoms with E-state index in [-0.39, 0.29) is 17.2 Å². The highest BCUT2D eigenvalue weighted by Gasteiger charge is 2.35. The van der Waals surface area contributed by atoms with Gasteiger partial charge in [-0.15, -0.1) is 0 Å². The number of amides is 1. The molecule has 2 aliphatic heterocycles. The summed E-state index contributed by atoms with van der Waals surface area (Å²) in [6.07, 6.45) is 1.99. The van der Waals surface area contributed by atoms with E-state index in [0.29, 0.717) is 17.2 Å². The molecule has 2 aliphatic rings. The normalized spacial score (nSPS) is 20.0. The van der Waals surface area contributed by atoms with E-state index in [9.17, 15) is 9.90 Å². The Balaban J connectivity index is 2.06. The lowest BCUT2D eigenvalue weighted by molar-refractivity contribution is 0.0442. The molecular formula is C16H14N2O3. The summed E-state index contributed by atoms with van der Waals surface area (Å²) < 4.78 is 5.74. The number of nitriles is 1. The van der Waals surface area contributed by atoms with Crippen molar-refractivity contribution in [2.45, 2.75) is 26.0 Å². The maximum Gasteiger partial charge on any atom is 0.264 e. The minimum Gasteiger partial charge on any atom is -0.505 e. The Labute approximate surface area is 122 Å². The first kappa shape index (κ1) is 13.3. The second-order valence-electron chi connectivity index (χ2n) is 5.34. The number of allylic oxidation sites excluding steroid dienone is 1. The molecule has 1 aromatic rings. The summed E-state index contributed by atoms with van der Waals surface area (Å²) in [5.41, 5.74) is 1.62. The topological polar surface area (TPSA) is 73.6 Å². The monoisotopic (exact) mass is 282 g/mol. The van der Waals surface area contributed by atoms with Crippen molar-refractivity contribution in [1.82, 2.24) is 4.90 Å². The molecule has 1 aromatic carbocycles. The number of aliphatic hydroxyl groups excluding tert-OH is 1. The quantitative estimate of drug-likeness (QED) is 0.859. The van der Waals surface area contributed by atoms with Gasteiger partial charge in [-0.2, -0.15) is 5.26 Å². The number of carbonyl (C=O) groups excluding carboxylic acids is 1. The Morgan fingerprint density at radius 2 is 2.19 bits per heavy atom. The lowest BCUT2D eigenvalue weighted by atomic mass is 9.98. The first-order chi connectivity index (χ1) is 10.0. The Bertz CT molecular complexity index is 726. The van der Waals surface area contributed by atoms with E-state index in [1.807, 2.05) is 32.0 Å². The van der Waals surface area contributed by atoms with Gasteiger partial charge in [-0.1, -0.05) is 19.9 Å². The van der Waals surface area contributed by atoms with Crippen LogP contribution in [0.5, 0.6) is 5.75 Å². The van der Waals surface area contributed by atoms with Gasteiger partial charge in [0.15, 0.2) is 6.23 Å². The minimum absolute atomic E-state index is 0.103. The molecule has 1 atom stereocenters. The molecule has 1 amide bonds. The number of ether oxygens (including phenoxy) is 1. The zero-order valence-electron chi connectivity index (χ0n) is 11.7. The molecule has 0 aromatic heterocycles. The number of benzene rings is 1. The summed E-state index contributed by atoms with van der Waals surface area (Å²) in [6.45, 7) is 4.10. The van der Waals surface area contributed by atoms with E-state index in [1.165, 1.54) is 17.2 Å². The standard InChI is InChI=1S/C16H14N2O3/c1-9(2)10-3-4-14-12(5-10)16(20)18-8-13(19)11(7-17)6-15(18)21-14/h3-6,8-9,15,19H,1-2H3. The van der Waals surface area contributed by atoms with E-state index < -0.39 is 6.23 Å². The van der Waals surface area contributed by atoms with Gasteiger partial charge >= 0.3 is 0 Å². The number of carbonyl (C=O) groups is 1. The Morgan fingerprint density at radius 3 is 2.86 bits per heavy atom. The molecule has 21 heavy (non-hydrogen) atoms. The lowest BCUT2D eigenvalue weighted by Crippen LogP contribution is -2.44. The Hall–Kier alpha value is -2.74. The van der Waals surface area contributed by atoms with E-state index in [2.05, 4.69) is 0 Å². The third-order valence-electron chi connectivity index (χ3n) is 3.62. The van der Waals surface area contributed by atoms with Crippen molar-refractivity contribution < 1.29 is 14.6 Å². The predicted molar refractivity (Wildman–Crippen MR) is 75.5 cm³/mol. The fourth-order valence-corrected chi connectivity index (χ4v) is 2.39. The zero-order valence-corrected chi connectivity index (χ0v) is 11.7. The van der Waals surface area contributed by atoms with Crippen molar-refractivity contribution in [2.75, 3.05) is 0 Å². The van der Waals surface area contributed by atoms with Crippen LogP contribution in [0.2, 0.25) is 0 Å². The van der Waals surface area contributed by atoms with Gasteiger partial charge in [0.1, 0.15) is 17.6 Å². The van der Waals surface area contributed by atoms with Crippen molar-refractivity contribution >= 4 is 5.91 Å². The molecule has 1 unspecified atom stereocenters. The van der Waals surface area contributed by atoms with E-state index in [1.54, 1.807) is 6.07 Å². The predicted octanol–water partition coefficient (Wildman–Crippen LogP) is 2.83. The number of nitrogens with zero attached hydrogens (tertiary/aromatic N) is 2. The third kappa shape index (κ3) is 2.05. The Kier molecular flexibility index (Phi) is 2.95. The third-order valence-corrected chi connectivity index (χ3v) is 3.62. The van der Waals surface area contributed by atoms with Crippen LogP contribution >= 0.6 is 0 Å². The van der Waals surface area contributed by atoms with Gasteiger partial charge in [0.05, 0.1) is 17.3 Å². The van der Waals surface area contributed by atoms with Crippen LogP contribution < -0.4 is 4.74 Å². The smallest absolute Gasteiger partial charge is 0.264 e. The first-order valence-corrected chi connectivity index (χ1v) is 6.67. The molecule has 0 aliphatic carbocycles. The summed E-state index contributed by atoms with van der Waals surface area (Å²) in [6, 6.07) is 7.39. The average molecular weight is 282 g/mol. The minimum atomic E-state index is -0.694. The van der Waals surface area contributed by atoms with Crippen molar-refractivity contribution in [3.63, 3.8) is 0 Å². The van der Waals surface area contributed by atoms with Gasteiger partial charge in [0.2, 0.25) is 0 Å². The number of aliphatic hydroxyl groups is 1. The fraction of sp³-hybridized carbons (Fsp3) is 0.250. The SMILES string of the molecule is CC(C)c1ccc2c(c1)C(=O)N1C=C(O)C(C#N)=CC1O2. The summed E-state index contributed by atoms with van der Waals surface area (Å²) in [7, 11) is 0. The van der Waals surface area contributed by atoms with Crippen LogP contribution in [0.4, 0.5) is 0 Å². The summed E-state index contributed by atoms with van der Waals surface area (Å²) in [5, 5.41) is 18.7. The van der Waals surface area contributed by atoms with Crippen LogP contribution in [-0.4, -0.2) is 22.1 Å². The lowest BCUT2D eigenvalue weighted by Gasteiger charge is -2.35. The molecule has 1 N–H and O–H groups in total. The van der Waals surface area contributed by atoms with Crippen molar-refractivity contribution in [3.05, 3.63) is 52.9 Å². The molecule has 0 fully saturated rings. The van der Waals surface area contributed by atoms with Gasteiger partial charge in [-0.05, 0) is 29.7 Å². The maximum atomic E-state index is 12.5. The fourth-order valence-electron chi connectivity index (χ4n) is 2.39. The van der Waals surface area contributed by atoms with Gasteiger partial charge in [-0.3, -0.25) is 9.69 Å². The van der Waals surface area contributed by atoms with E-state index in [0.717, 1.165) is 5.56 Å². The van der Waals surface area contributed by atoms with Crippen LogP contribution in [0.25, 0.3) is 0 Å². The summed E-state index contributed by atoms with van der Waals surface area (Å²) in [5.74, 6) is 0.322. The molecule has 0 saturated carbocycles. The molecule has 106 valence electrons. The second-order valence-corrected chi connectivity index (χ2v) is 5.34. The van der Waals surface area contributed by atoms with Gasteiger partial charge in [0.25, 0.3) is 5.91 Å².